The topological polar surface area (TPSA) is 71.0 Å². The molecule has 0 aromatic carbocycles. The fourth-order valence-electron chi connectivity index (χ4n) is 1.90. The van der Waals surface area contributed by atoms with E-state index in [0.717, 1.165) is 25.3 Å². The molecule has 6 nitrogen and oxygen atoms in total. The van der Waals surface area contributed by atoms with E-state index in [1.807, 2.05) is 17.8 Å². The molecular formula is C11H19N5O. The maximum atomic E-state index is 11.8. The lowest BCUT2D eigenvalue weighted by Crippen LogP contribution is -2.55. The third-order valence-corrected chi connectivity index (χ3v) is 2.93. The molecule has 1 saturated heterocycles. The van der Waals surface area contributed by atoms with Crippen molar-refractivity contribution < 1.29 is 4.79 Å². The van der Waals surface area contributed by atoms with Crippen molar-refractivity contribution in [2.45, 2.75) is 12.5 Å². The van der Waals surface area contributed by atoms with Crippen molar-refractivity contribution in [1.82, 2.24) is 25.5 Å². The molecule has 1 aromatic rings. The van der Waals surface area contributed by atoms with Crippen molar-refractivity contribution in [2.24, 2.45) is 7.05 Å². The third-order valence-electron chi connectivity index (χ3n) is 2.93. The Morgan fingerprint density at radius 1 is 1.65 bits per heavy atom. The summed E-state index contributed by atoms with van der Waals surface area (Å²) in [4.78, 5) is 16.0. The zero-order valence-corrected chi connectivity index (χ0v) is 10.1. The zero-order valence-electron chi connectivity index (χ0n) is 10.1. The van der Waals surface area contributed by atoms with Gasteiger partial charge in [-0.1, -0.05) is 0 Å². The average Bonchev–Trinajstić information content (AvgIpc) is 2.76. The smallest absolute Gasteiger partial charge is 0.238 e. The number of aryl methyl sites for hydroxylation is 1. The standard InChI is InChI=1S/C11H19N5O/c1-16-7-6-14-10(16)2-3-15-11(17)9-8-12-4-5-13-9/h6-7,9,12-13H,2-5,8H2,1H3,(H,15,17). The van der Waals surface area contributed by atoms with Gasteiger partial charge < -0.3 is 20.5 Å². The van der Waals surface area contributed by atoms with Gasteiger partial charge in [-0.05, 0) is 0 Å². The van der Waals surface area contributed by atoms with E-state index in [-0.39, 0.29) is 11.9 Å². The summed E-state index contributed by atoms with van der Waals surface area (Å²) in [5.74, 6) is 1.05. The lowest BCUT2D eigenvalue weighted by Gasteiger charge is -2.23. The molecule has 1 aromatic heterocycles. The lowest BCUT2D eigenvalue weighted by atomic mass is 10.2. The maximum Gasteiger partial charge on any atom is 0.238 e. The van der Waals surface area contributed by atoms with Gasteiger partial charge in [-0.25, -0.2) is 4.98 Å². The molecule has 1 unspecified atom stereocenters. The van der Waals surface area contributed by atoms with Crippen LogP contribution in [-0.4, -0.2) is 47.7 Å². The molecule has 1 aliphatic rings. The van der Waals surface area contributed by atoms with Gasteiger partial charge in [0.1, 0.15) is 5.82 Å². The van der Waals surface area contributed by atoms with Crippen molar-refractivity contribution >= 4 is 5.91 Å². The molecule has 2 heterocycles. The predicted molar refractivity (Wildman–Crippen MR) is 64.6 cm³/mol. The average molecular weight is 237 g/mol. The van der Waals surface area contributed by atoms with Crippen LogP contribution in [0.4, 0.5) is 0 Å². The number of hydrogen-bond donors (Lipinski definition) is 3. The molecule has 94 valence electrons. The summed E-state index contributed by atoms with van der Waals surface area (Å²) in [6.07, 6.45) is 4.43. The van der Waals surface area contributed by atoms with Gasteiger partial charge in [0, 0.05) is 52.0 Å². The van der Waals surface area contributed by atoms with Crippen molar-refractivity contribution in [3.8, 4) is 0 Å². The van der Waals surface area contributed by atoms with E-state index in [1.54, 1.807) is 6.20 Å². The van der Waals surface area contributed by atoms with Crippen molar-refractivity contribution in [3.05, 3.63) is 18.2 Å². The van der Waals surface area contributed by atoms with E-state index in [1.165, 1.54) is 0 Å². The van der Waals surface area contributed by atoms with E-state index in [9.17, 15) is 4.79 Å². The number of hydrogen-bond acceptors (Lipinski definition) is 4. The summed E-state index contributed by atoms with van der Waals surface area (Å²) in [7, 11) is 1.96. The Bertz CT molecular complexity index is 370. The highest BCUT2D eigenvalue weighted by atomic mass is 16.2. The van der Waals surface area contributed by atoms with Crippen LogP contribution < -0.4 is 16.0 Å². The van der Waals surface area contributed by atoms with Crippen LogP contribution in [0.2, 0.25) is 0 Å². The minimum absolute atomic E-state index is 0.0615. The molecule has 0 radical (unpaired) electrons. The SMILES string of the molecule is Cn1ccnc1CCNC(=O)C1CNCCN1. The van der Waals surface area contributed by atoms with Gasteiger partial charge in [0.15, 0.2) is 0 Å². The van der Waals surface area contributed by atoms with E-state index in [4.69, 9.17) is 0 Å². The van der Waals surface area contributed by atoms with Crippen LogP contribution in [0.5, 0.6) is 0 Å². The Balaban J connectivity index is 1.71. The largest absolute Gasteiger partial charge is 0.354 e. The van der Waals surface area contributed by atoms with Gasteiger partial charge in [-0.15, -0.1) is 0 Å². The highest BCUT2D eigenvalue weighted by Crippen LogP contribution is 1.94. The van der Waals surface area contributed by atoms with Crippen molar-refractivity contribution in [1.29, 1.82) is 0 Å². The van der Waals surface area contributed by atoms with E-state index >= 15 is 0 Å². The second-order valence-corrected chi connectivity index (χ2v) is 4.21. The molecule has 1 amide bonds. The van der Waals surface area contributed by atoms with Crippen molar-refractivity contribution in [3.63, 3.8) is 0 Å². The number of carbonyl (C=O) groups is 1. The number of amides is 1. The summed E-state index contributed by atoms with van der Waals surface area (Å²) in [5.41, 5.74) is 0. The van der Waals surface area contributed by atoms with Crippen molar-refractivity contribution in [2.75, 3.05) is 26.2 Å². The molecular weight excluding hydrogens is 218 g/mol. The predicted octanol–water partition coefficient (Wildman–Crippen LogP) is -1.36. The first-order valence-corrected chi connectivity index (χ1v) is 5.95. The molecule has 0 aliphatic carbocycles. The number of imidazole rings is 1. The first kappa shape index (κ1) is 12.1. The molecule has 1 aliphatic heterocycles. The first-order chi connectivity index (χ1) is 8.27. The Morgan fingerprint density at radius 2 is 2.53 bits per heavy atom. The van der Waals surface area contributed by atoms with Gasteiger partial charge in [0.05, 0.1) is 6.04 Å². The van der Waals surface area contributed by atoms with Gasteiger partial charge in [-0.3, -0.25) is 4.79 Å². The summed E-state index contributed by atoms with van der Waals surface area (Å²) in [6, 6.07) is -0.106. The summed E-state index contributed by atoms with van der Waals surface area (Å²) < 4.78 is 1.96. The van der Waals surface area contributed by atoms with Crippen LogP contribution in [0.3, 0.4) is 0 Å². The zero-order chi connectivity index (χ0) is 12.1. The quantitative estimate of drug-likeness (QED) is 0.605. The minimum Gasteiger partial charge on any atom is -0.354 e. The van der Waals surface area contributed by atoms with E-state index < -0.39 is 0 Å². The highest BCUT2D eigenvalue weighted by molar-refractivity contribution is 5.82. The second kappa shape index (κ2) is 5.79. The molecule has 6 heteroatoms. The monoisotopic (exact) mass is 237 g/mol. The number of carbonyl (C=O) groups excluding carboxylic acids is 1. The molecule has 17 heavy (non-hydrogen) atoms. The lowest BCUT2D eigenvalue weighted by molar-refractivity contribution is -0.123. The van der Waals surface area contributed by atoms with Crippen LogP contribution >= 0.6 is 0 Å². The number of nitrogens with zero attached hydrogens (tertiary/aromatic N) is 2. The molecule has 0 bridgehead atoms. The Kier molecular flexibility index (Phi) is 4.11. The Labute approximate surface area is 101 Å². The Morgan fingerprint density at radius 3 is 3.18 bits per heavy atom. The summed E-state index contributed by atoms with van der Waals surface area (Å²) in [6.45, 7) is 3.10. The maximum absolute atomic E-state index is 11.8. The molecule has 1 fully saturated rings. The molecule has 3 N–H and O–H groups in total. The fraction of sp³-hybridized carbons (Fsp3) is 0.636. The second-order valence-electron chi connectivity index (χ2n) is 4.21. The molecule has 2 rings (SSSR count). The van der Waals surface area contributed by atoms with Gasteiger partial charge >= 0.3 is 0 Å². The number of aromatic nitrogens is 2. The normalized spacial score (nSPS) is 20.2. The summed E-state index contributed by atoms with van der Waals surface area (Å²) in [5, 5.41) is 9.29. The fourth-order valence-corrected chi connectivity index (χ4v) is 1.90. The van der Waals surface area contributed by atoms with Crippen LogP contribution in [-0.2, 0) is 18.3 Å². The molecule has 0 saturated carbocycles. The summed E-state index contributed by atoms with van der Waals surface area (Å²) >= 11 is 0. The van der Waals surface area contributed by atoms with Gasteiger partial charge in [0.2, 0.25) is 5.91 Å². The third kappa shape index (κ3) is 3.28. The van der Waals surface area contributed by atoms with E-state index in [2.05, 4.69) is 20.9 Å². The number of piperazine rings is 1. The molecule has 0 spiro atoms. The van der Waals surface area contributed by atoms with Crippen LogP contribution in [0.25, 0.3) is 0 Å². The number of nitrogens with one attached hydrogen (secondary N) is 3. The van der Waals surface area contributed by atoms with Crippen LogP contribution in [0, 0.1) is 0 Å². The number of rotatable bonds is 4. The van der Waals surface area contributed by atoms with Gasteiger partial charge in [-0.2, -0.15) is 0 Å². The van der Waals surface area contributed by atoms with Crippen LogP contribution in [0.15, 0.2) is 12.4 Å². The first-order valence-electron chi connectivity index (χ1n) is 5.95. The minimum atomic E-state index is -0.106. The molecule has 1 atom stereocenters. The Hall–Kier alpha value is -1.40. The van der Waals surface area contributed by atoms with E-state index in [0.29, 0.717) is 13.1 Å². The van der Waals surface area contributed by atoms with Gasteiger partial charge in [0.25, 0.3) is 0 Å². The highest BCUT2D eigenvalue weighted by Gasteiger charge is 2.19. The van der Waals surface area contributed by atoms with Crippen LogP contribution in [0.1, 0.15) is 5.82 Å².